The lowest BCUT2D eigenvalue weighted by atomic mass is 10.0. The first-order chi connectivity index (χ1) is 9.69. The van der Waals surface area contributed by atoms with Crippen molar-refractivity contribution < 1.29 is 9.13 Å². The number of fused-ring (bicyclic) bond motifs is 1. The van der Waals surface area contributed by atoms with Gasteiger partial charge < -0.3 is 4.74 Å². The van der Waals surface area contributed by atoms with Crippen LogP contribution in [-0.2, 0) is 0 Å². The summed E-state index contributed by atoms with van der Waals surface area (Å²) in [6.45, 7) is 2.04. The number of methoxy groups -OCH3 is 1. The van der Waals surface area contributed by atoms with Gasteiger partial charge in [0.2, 0.25) is 0 Å². The second-order valence-electron chi connectivity index (χ2n) is 4.69. The third-order valence-electron chi connectivity index (χ3n) is 3.37. The fourth-order valence-corrected chi connectivity index (χ4v) is 2.32. The molecule has 100 valence electrons. The summed E-state index contributed by atoms with van der Waals surface area (Å²) in [6, 6.07) is 14.8. The van der Waals surface area contributed by atoms with Crippen LogP contribution in [-0.4, -0.2) is 12.1 Å². The number of nitrogens with zero attached hydrogens (tertiary/aromatic N) is 1. The van der Waals surface area contributed by atoms with Crippen molar-refractivity contribution in [3.05, 3.63) is 59.9 Å². The van der Waals surface area contributed by atoms with Crippen molar-refractivity contribution in [2.75, 3.05) is 7.11 Å². The highest BCUT2D eigenvalue weighted by Crippen LogP contribution is 2.27. The minimum absolute atomic E-state index is 0.242. The van der Waals surface area contributed by atoms with Crippen LogP contribution in [0.3, 0.4) is 0 Å². The Morgan fingerprint density at radius 1 is 1.05 bits per heavy atom. The molecule has 0 aliphatic carbocycles. The molecule has 3 rings (SSSR count). The summed E-state index contributed by atoms with van der Waals surface area (Å²) >= 11 is 0. The molecular weight excluding hydrogens is 253 g/mol. The molecule has 0 amide bonds. The maximum atomic E-state index is 13.8. The lowest BCUT2D eigenvalue weighted by Gasteiger charge is -2.08. The standard InChI is InChI=1S/C17H14FNO/c1-11-9-16(19-15-6-4-3-5-13(11)15)12-7-8-17(20-2)14(18)10-12/h3-10H,1-2H3. The van der Waals surface area contributed by atoms with Crippen LogP contribution in [0.15, 0.2) is 48.5 Å². The van der Waals surface area contributed by atoms with E-state index in [9.17, 15) is 4.39 Å². The number of para-hydroxylation sites is 1. The molecule has 0 aliphatic heterocycles. The second kappa shape index (κ2) is 4.93. The maximum Gasteiger partial charge on any atom is 0.165 e. The van der Waals surface area contributed by atoms with Gasteiger partial charge in [-0.3, -0.25) is 0 Å². The van der Waals surface area contributed by atoms with Crippen LogP contribution in [0.5, 0.6) is 5.75 Å². The van der Waals surface area contributed by atoms with Gasteiger partial charge in [-0.15, -0.1) is 0 Å². The minimum Gasteiger partial charge on any atom is -0.494 e. The van der Waals surface area contributed by atoms with Crippen molar-refractivity contribution in [3.8, 4) is 17.0 Å². The average Bonchev–Trinajstić information content (AvgIpc) is 2.47. The Morgan fingerprint density at radius 2 is 1.85 bits per heavy atom. The van der Waals surface area contributed by atoms with E-state index in [-0.39, 0.29) is 11.6 Å². The Morgan fingerprint density at radius 3 is 2.60 bits per heavy atom. The predicted molar refractivity (Wildman–Crippen MR) is 78.4 cm³/mol. The Labute approximate surface area is 116 Å². The minimum atomic E-state index is -0.377. The summed E-state index contributed by atoms with van der Waals surface area (Å²) in [4.78, 5) is 4.60. The van der Waals surface area contributed by atoms with Crippen LogP contribution in [0.1, 0.15) is 5.56 Å². The van der Waals surface area contributed by atoms with E-state index in [0.717, 1.165) is 27.7 Å². The first kappa shape index (κ1) is 12.6. The molecule has 0 spiro atoms. The van der Waals surface area contributed by atoms with Gasteiger partial charge in [-0.2, -0.15) is 0 Å². The molecule has 0 unspecified atom stereocenters. The molecule has 3 aromatic rings. The maximum absolute atomic E-state index is 13.8. The van der Waals surface area contributed by atoms with E-state index in [1.807, 2.05) is 43.3 Å². The van der Waals surface area contributed by atoms with E-state index < -0.39 is 0 Å². The second-order valence-corrected chi connectivity index (χ2v) is 4.69. The van der Waals surface area contributed by atoms with Gasteiger partial charge in [-0.1, -0.05) is 18.2 Å². The van der Waals surface area contributed by atoms with Gasteiger partial charge in [0.15, 0.2) is 11.6 Å². The van der Waals surface area contributed by atoms with Gasteiger partial charge in [0.05, 0.1) is 18.3 Å². The zero-order chi connectivity index (χ0) is 14.1. The number of pyridine rings is 1. The topological polar surface area (TPSA) is 22.1 Å². The van der Waals surface area contributed by atoms with Crippen LogP contribution < -0.4 is 4.74 Å². The lowest BCUT2D eigenvalue weighted by Crippen LogP contribution is -1.91. The molecule has 0 aliphatic rings. The number of benzene rings is 2. The molecule has 0 fully saturated rings. The van der Waals surface area contributed by atoms with Gasteiger partial charge in [0, 0.05) is 10.9 Å². The number of ether oxygens (including phenoxy) is 1. The zero-order valence-electron chi connectivity index (χ0n) is 11.4. The van der Waals surface area contributed by atoms with E-state index in [0.29, 0.717) is 0 Å². The molecule has 1 aromatic heterocycles. The summed E-state index contributed by atoms with van der Waals surface area (Å²) in [5.74, 6) is -0.135. The van der Waals surface area contributed by atoms with Crippen molar-refractivity contribution in [2.24, 2.45) is 0 Å². The Balaban J connectivity index is 2.17. The predicted octanol–water partition coefficient (Wildman–Crippen LogP) is 4.36. The highest BCUT2D eigenvalue weighted by molar-refractivity contribution is 5.84. The smallest absolute Gasteiger partial charge is 0.165 e. The molecule has 0 bridgehead atoms. The first-order valence-electron chi connectivity index (χ1n) is 6.39. The van der Waals surface area contributed by atoms with Crippen molar-refractivity contribution in [1.82, 2.24) is 4.98 Å². The first-order valence-corrected chi connectivity index (χ1v) is 6.39. The molecule has 0 radical (unpaired) electrons. The Bertz CT molecular complexity index is 783. The van der Waals surface area contributed by atoms with E-state index in [1.165, 1.54) is 13.2 Å². The Kier molecular flexibility index (Phi) is 3.11. The highest BCUT2D eigenvalue weighted by atomic mass is 19.1. The number of hydrogen-bond donors (Lipinski definition) is 0. The SMILES string of the molecule is COc1ccc(-c2cc(C)c3ccccc3n2)cc1F. The summed E-state index contributed by atoms with van der Waals surface area (Å²) in [5.41, 5.74) is 3.56. The molecule has 0 N–H and O–H groups in total. The molecular formula is C17H14FNO. The molecule has 1 heterocycles. The van der Waals surface area contributed by atoms with Gasteiger partial charge in [0.25, 0.3) is 0 Å². The monoisotopic (exact) mass is 267 g/mol. The van der Waals surface area contributed by atoms with Crippen LogP contribution in [0, 0.1) is 12.7 Å². The molecule has 0 saturated heterocycles. The lowest BCUT2D eigenvalue weighted by molar-refractivity contribution is 0.386. The number of halogens is 1. The highest BCUT2D eigenvalue weighted by Gasteiger charge is 2.08. The van der Waals surface area contributed by atoms with Crippen LogP contribution in [0.4, 0.5) is 4.39 Å². The number of hydrogen-bond acceptors (Lipinski definition) is 2. The van der Waals surface area contributed by atoms with E-state index in [2.05, 4.69) is 4.98 Å². The van der Waals surface area contributed by atoms with Crippen LogP contribution >= 0.6 is 0 Å². The fraction of sp³-hybridized carbons (Fsp3) is 0.118. The molecule has 2 nitrogen and oxygen atoms in total. The quantitative estimate of drug-likeness (QED) is 0.688. The summed E-state index contributed by atoms with van der Waals surface area (Å²) in [5, 5.41) is 1.12. The average molecular weight is 267 g/mol. The number of rotatable bonds is 2. The van der Waals surface area contributed by atoms with Crippen molar-refractivity contribution in [2.45, 2.75) is 6.92 Å². The largest absolute Gasteiger partial charge is 0.494 e. The van der Waals surface area contributed by atoms with Crippen molar-refractivity contribution in [3.63, 3.8) is 0 Å². The molecule has 2 aromatic carbocycles. The summed E-state index contributed by atoms with van der Waals surface area (Å²) in [6.07, 6.45) is 0. The van der Waals surface area contributed by atoms with E-state index in [4.69, 9.17) is 4.74 Å². The summed E-state index contributed by atoms with van der Waals surface area (Å²) in [7, 11) is 1.45. The van der Waals surface area contributed by atoms with E-state index in [1.54, 1.807) is 6.07 Å². The van der Waals surface area contributed by atoms with Gasteiger partial charge in [-0.25, -0.2) is 9.37 Å². The number of aryl methyl sites for hydroxylation is 1. The molecule has 3 heteroatoms. The van der Waals surface area contributed by atoms with Crippen molar-refractivity contribution in [1.29, 1.82) is 0 Å². The van der Waals surface area contributed by atoms with Gasteiger partial charge >= 0.3 is 0 Å². The Hall–Kier alpha value is -2.42. The van der Waals surface area contributed by atoms with Crippen LogP contribution in [0.25, 0.3) is 22.2 Å². The molecule has 0 saturated carbocycles. The van der Waals surface area contributed by atoms with Crippen LogP contribution in [0.2, 0.25) is 0 Å². The molecule has 0 atom stereocenters. The van der Waals surface area contributed by atoms with Crippen molar-refractivity contribution >= 4 is 10.9 Å². The van der Waals surface area contributed by atoms with E-state index >= 15 is 0 Å². The summed E-state index contributed by atoms with van der Waals surface area (Å²) < 4.78 is 18.7. The van der Waals surface area contributed by atoms with Gasteiger partial charge in [0.1, 0.15) is 0 Å². The van der Waals surface area contributed by atoms with Gasteiger partial charge in [-0.05, 0) is 42.8 Å². The third kappa shape index (κ3) is 2.11. The fourth-order valence-electron chi connectivity index (χ4n) is 2.32. The number of aromatic nitrogens is 1. The molecule has 20 heavy (non-hydrogen) atoms. The normalized spacial score (nSPS) is 10.8. The zero-order valence-corrected chi connectivity index (χ0v) is 11.4. The third-order valence-corrected chi connectivity index (χ3v) is 3.37.